The number of rotatable bonds is 2. The molecule has 2 aromatic heterocycles. The number of pyridine rings is 1. The molecule has 4 nitrogen and oxygen atoms in total. The van der Waals surface area contributed by atoms with E-state index in [2.05, 4.69) is 4.98 Å². The highest BCUT2D eigenvalue weighted by Crippen LogP contribution is 2.30. The standard InChI is InChI=1S/C12H12ClN3OS/c13-11-8-5-7(18-10(8)1-3-15-11)6-16-4-2-9(14)12(16)17/h1,3,5,9H,2,4,6,14H2/t9-/m0/s1. The Labute approximate surface area is 113 Å². The molecular formula is C12H12ClN3OS. The van der Waals surface area contributed by atoms with E-state index < -0.39 is 0 Å². The van der Waals surface area contributed by atoms with Gasteiger partial charge < -0.3 is 10.6 Å². The van der Waals surface area contributed by atoms with Crippen molar-refractivity contribution >= 4 is 38.9 Å². The maximum atomic E-state index is 11.8. The summed E-state index contributed by atoms with van der Waals surface area (Å²) < 4.78 is 1.10. The van der Waals surface area contributed by atoms with E-state index in [9.17, 15) is 4.79 Å². The predicted octanol–water partition coefficient (Wildman–Crippen LogP) is 2.01. The third kappa shape index (κ3) is 1.98. The number of nitrogens with two attached hydrogens (primary N) is 1. The first-order chi connectivity index (χ1) is 8.65. The summed E-state index contributed by atoms with van der Waals surface area (Å²) in [7, 11) is 0. The molecule has 0 aromatic carbocycles. The number of carbonyl (C=O) groups excluding carboxylic acids is 1. The second-order valence-electron chi connectivity index (χ2n) is 4.38. The van der Waals surface area contributed by atoms with Crippen molar-refractivity contribution < 1.29 is 4.79 Å². The molecule has 2 aromatic rings. The molecule has 0 spiro atoms. The molecule has 1 saturated heterocycles. The number of hydrogen-bond acceptors (Lipinski definition) is 4. The van der Waals surface area contributed by atoms with Crippen molar-refractivity contribution in [3.05, 3.63) is 28.4 Å². The zero-order valence-electron chi connectivity index (χ0n) is 9.60. The van der Waals surface area contributed by atoms with Gasteiger partial charge in [0, 0.05) is 27.7 Å². The Balaban J connectivity index is 1.87. The first kappa shape index (κ1) is 11.9. The molecule has 1 amide bonds. The molecule has 1 aliphatic heterocycles. The van der Waals surface area contributed by atoms with Crippen molar-refractivity contribution in [3.8, 4) is 0 Å². The van der Waals surface area contributed by atoms with Crippen molar-refractivity contribution in [3.63, 3.8) is 0 Å². The predicted molar refractivity (Wildman–Crippen MR) is 72.6 cm³/mol. The first-order valence-electron chi connectivity index (χ1n) is 5.72. The summed E-state index contributed by atoms with van der Waals surface area (Å²) in [6.45, 7) is 1.35. The lowest BCUT2D eigenvalue weighted by atomic mass is 10.3. The van der Waals surface area contributed by atoms with Gasteiger partial charge in [0.2, 0.25) is 5.91 Å². The average Bonchev–Trinajstić information content (AvgIpc) is 2.89. The van der Waals surface area contributed by atoms with E-state index in [1.165, 1.54) is 0 Å². The lowest BCUT2D eigenvalue weighted by Crippen LogP contribution is -2.33. The Hall–Kier alpha value is -1.17. The molecule has 0 unspecified atom stereocenters. The topological polar surface area (TPSA) is 59.2 Å². The largest absolute Gasteiger partial charge is 0.336 e. The number of nitrogens with zero attached hydrogens (tertiary/aromatic N) is 2. The molecule has 0 radical (unpaired) electrons. The number of carbonyl (C=O) groups is 1. The van der Waals surface area contributed by atoms with E-state index in [4.69, 9.17) is 17.3 Å². The number of amides is 1. The molecule has 0 saturated carbocycles. The molecule has 2 N–H and O–H groups in total. The van der Waals surface area contributed by atoms with E-state index in [0.717, 1.165) is 27.9 Å². The summed E-state index contributed by atoms with van der Waals surface area (Å²) in [5.41, 5.74) is 5.70. The van der Waals surface area contributed by atoms with Crippen LogP contribution in [0.3, 0.4) is 0 Å². The molecule has 1 fully saturated rings. The second-order valence-corrected chi connectivity index (χ2v) is 5.91. The highest BCUT2D eigenvalue weighted by molar-refractivity contribution is 7.19. The Bertz CT molecular complexity index is 612. The van der Waals surface area contributed by atoms with Crippen LogP contribution >= 0.6 is 22.9 Å². The number of likely N-dealkylation sites (tertiary alicyclic amines) is 1. The van der Waals surface area contributed by atoms with Gasteiger partial charge in [-0.1, -0.05) is 11.6 Å². The first-order valence-corrected chi connectivity index (χ1v) is 6.92. The van der Waals surface area contributed by atoms with E-state index in [1.54, 1.807) is 22.4 Å². The van der Waals surface area contributed by atoms with Crippen LogP contribution in [0.2, 0.25) is 5.15 Å². The fourth-order valence-electron chi connectivity index (χ4n) is 2.17. The van der Waals surface area contributed by atoms with Crippen LogP contribution in [0.1, 0.15) is 11.3 Å². The summed E-state index contributed by atoms with van der Waals surface area (Å²) in [4.78, 5) is 18.7. The van der Waals surface area contributed by atoms with Gasteiger partial charge in [-0.2, -0.15) is 0 Å². The lowest BCUT2D eigenvalue weighted by Gasteiger charge is -2.14. The molecule has 0 aliphatic carbocycles. The van der Waals surface area contributed by atoms with Crippen LogP contribution in [0.4, 0.5) is 0 Å². The Kier molecular flexibility index (Phi) is 2.97. The number of aromatic nitrogens is 1. The zero-order chi connectivity index (χ0) is 12.7. The van der Waals surface area contributed by atoms with Crippen molar-refractivity contribution in [2.45, 2.75) is 19.0 Å². The minimum Gasteiger partial charge on any atom is -0.336 e. The van der Waals surface area contributed by atoms with Gasteiger partial charge in [-0.05, 0) is 18.6 Å². The van der Waals surface area contributed by atoms with Gasteiger partial charge in [0.15, 0.2) is 0 Å². The fourth-order valence-corrected chi connectivity index (χ4v) is 3.51. The van der Waals surface area contributed by atoms with Crippen molar-refractivity contribution in [2.75, 3.05) is 6.54 Å². The SMILES string of the molecule is N[C@H]1CCN(Cc2cc3c(Cl)nccc3s2)C1=O. The van der Waals surface area contributed by atoms with Crippen LogP contribution in [0.5, 0.6) is 0 Å². The molecule has 18 heavy (non-hydrogen) atoms. The summed E-state index contributed by atoms with van der Waals surface area (Å²) in [6.07, 6.45) is 2.44. The monoisotopic (exact) mass is 281 g/mol. The summed E-state index contributed by atoms with van der Waals surface area (Å²) >= 11 is 7.68. The molecule has 6 heteroatoms. The minimum atomic E-state index is -0.329. The molecule has 1 atom stereocenters. The maximum Gasteiger partial charge on any atom is 0.239 e. The molecule has 1 aliphatic rings. The van der Waals surface area contributed by atoms with E-state index in [0.29, 0.717) is 11.7 Å². The number of halogens is 1. The zero-order valence-corrected chi connectivity index (χ0v) is 11.2. The fraction of sp³-hybridized carbons (Fsp3) is 0.333. The van der Waals surface area contributed by atoms with Gasteiger partial charge in [0.25, 0.3) is 0 Å². The van der Waals surface area contributed by atoms with Gasteiger partial charge in [-0.15, -0.1) is 11.3 Å². The molecule has 94 valence electrons. The quantitative estimate of drug-likeness (QED) is 0.857. The van der Waals surface area contributed by atoms with E-state index >= 15 is 0 Å². The van der Waals surface area contributed by atoms with E-state index in [-0.39, 0.29) is 11.9 Å². The maximum absolute atomic E-state index is 11.8. The highest BCUT2D eigenvalue weighted by Gasteiger charge is 2.28. The van der Waals surface area contributed by atoms with Gasteiger partial charge in [-0.3, -0.25) is 4.79 Å². The van der Waals surface area contributed by atoms with Crippen molar-refractivity contribution in [1.82, 2.24) is 9.88 Å². The third-order valence-corrected chi connectivity index (χ3v) is 4.52. The van der Waals surface area contributed by atoms with Crippen LogP contribution in [0.25, 0.3) is 10.1 Å². The molecular weight excluding hydrogens is 270 g/mol. The highest BCUT2D eigenvalue weighted by atomic mass is 35.5. The second kappa shape index (κ2) is 4.50. The van der Waals surface area contributed by atoms with Crippen LogP contribution in [-0.4, -0.2) is 28.4 Å². The molecule has 3 heterocycles. The Morgan fingerprint density at radius 3 is 3.11 bits per heavy atom. The smallest absolute Gasteiger partial charge is 0.239 e. The van der Waals surface area contributed by atoms with Crippen molar-refractivity contribution in [2.24, 2.45) is 5.73 Å². The molecule has 3 rings (SSSR count). The lowest BCUT2D eigenvalue weighted by molar-refractivity contribution is -0.129. The molecule has 0 bridgehead atoms. The summed E-state index contributed by atoms with van der Waals surface area (Å²) in [5, 5.41) is 1.47. The van der Waals surface area contributed by atoms with Gasteiger partial charge in [0.05, 0.1) is 12.6 Å². The Morgan fingerprint density at radius 1 is 1.61 bits per heavy atom. The normalized spacial score (nSPS) is 20.0. The summed E-state index contributed by atoms with van der Waals surface area (Å²) in [5.74, 6) is 0.0386. The van der Waals surface area contributed by atoms with Gasteiger partial charge in [-0.25, -0.2) is 4.98 Å². The summed E-state index contributed by atoms with van der Waals surface area (Å²) in [6, 6.07) is 3.61. The average molecular weight is 282 g/mol. The Morgan fingerprint density at radius 2 is 2.44 bits per heavy atom. The van der Waals surface area contributed by atoms with E-state index in [1.807, 2.05) is 12.1 Å². The number of thiophene rings is 1. The minimum absolute atomic E-state index is 0.0386. The third-order valence-electron chi connectivity index (χ3n) is 3.13. The van der Waals surface area contributed by atoms with Gasteiger partial charge >= 0.3 is 0 Å². The van der Waals surface area contributed by atoms with Crippen molar-refractivity contribution in [1.29, 1.82) is 0 Å². The van der Waals surface area contributed by atoms with Crippen LogP contribution in [-0.2, 0) is 11.3 Å². The van der Waals surface area contributed by atoms with Crippen LogP contribution in [0, 0.1) is 0 Å². The number of fused-ring (bicyclic) bond motifs is 1. The van der Waals surface area contributed by atoms with Crippen LogP contribution < -0.4 is 5.73 Å². The van der Waals surface area contributed by atoms with Gasteiger partial charge in [0.1, 0.15) is 5.15 Å². The number of hydrogen-bond donors (Lipinski definition) is 1. The van der Waals surface area contributed by atoms with Crippen LogP contribution in [0.15, 0.2) is 18.3 Å².